The molecule has 1 saturated heterocycles. The summed E-state index contributed by atoms with van der Waals surface area (Å²) in [4.78, 5) is 30.2. The molecule has 3 aliphatic rings. The first-order valence-corrected chi connectivity index (χ1v) is 10.4. The number of para-hydroxylation sites is 1. The van der Waals surface area contributed by atoms with Gasteiger partial charge in [-0.2, -0.15) is 0 Å². The number of rotatable bonds is 5. The minimum absolute atomic E-state index is 0.119. The number of likely N-dealkylation sites (tertiary alicyclic amines) is 1. The van der Waals surface area contributed by atoms with Crippen molar-refractivity contribution in [3.05, 3.63) is 53.6 Å². The Morgan fingerprint density at radius 2 is 1.80 bits per heavy atom. The van der Waals surface area contributed by atoms with Gasteiger partial charge in [0.05, 0.1) is 18.8 Å². The first kappa shape index (κ1) is 19.1. The Bertz CT molecular complexity index is 1000. The van der Waals surface area contributed by atoms with E-state index in [9.17, 15) is 14.7 Å². The van der Waals surface area contributed by atoms with Crippen molar-refractivity contribution in [2.24, 2.45) is 0 Å². The largest absolute Gasteiger partial charge is 0.454 e. The average Bonchev–Trinajstić information content (AvgIpc) is 3.32. The second-order valence-corrected chi connectivity index (χ2v) is 8.10. The molecule has 1 amide bonds. The zero-order valence-electron chi connectivity index (χ0n) is 16.7. The van der Waals surface area contributed by atoms with Crippen molar-refractivity contribution in [1.29, 1.82) is 0 Å². The zero-order chi connectivity index (χ0) is 20.7. The van der Waals surface area contributed by atoms with E-state index in [0.717, 1.165) is 25.9 Å². The second-order valence-electron chi connectivity index (χ2n) is 8.10. The van der Waals surface area contributed by atoms with Crippen LogP contribution in [0, 0.1) is 0 Å². The first-order chi connectivity index (χ1) is 14.6. The Hall–Kier alpha value is -2.90. The van der Waals surface area contributed by atoms with Crippen molar-refractivity contribution in [2.75, 3.05) is 31.5 Å². The minimum atomic E-state index is -1.88. The molecule has 0 radical (unpaired) electrons. The van der Waals surface area contributed by atoms with Gasteiger partial charge in [0.2, 0.25) is 6.79 Å². The lowest BCUT2D eigenvalue weighted by Gasteiger charge is -2.31. The number of aliphatic hydroxyl groups is 1. The molecule has 1 N–H and O–H groups in total. The van der Waals surface area contributed by atoms with Gasteiger partial charge in [0, 0.05) is 11.1 Å². The van der Waals surface area contributed by atoms with Gasteiger partial charge in [0.25, 0.3) is 5.91 Å². The van der Waals surface area contributed by atoms with Crippen LogP contribution >= 0.6 is 0 Å². The summed E-state index contributed by atoms with van der Waals surface area (Å²) in [6.07, 6.45) is 3.10. The summed E-state index contributed by atoms with van der Waals surface area (Å²) in [5.41, 5.74) is -0.331. The summed E-state index contributed by atoms with van der Waals surface area (Å²) in [6, 6.07) is 12.1. The van der Waals surface area contributed by atoms with E-state index in [4.69, 9.17) is 9.47 Å². The molecule has 0 aliphatic carbocycles. The molecule has 156 valence electrons. The molecule has 2 aromatic carbocycles. The minimum Gasteiger partial charge on any atom is -0.454 e. The number of benzene rings is 2. The van der Waals surface area contributed by atoms with Crippen LogP contribution in [-0.2, 0) is 10.4 Å². The van der Waals surface area contributed by atoms with Crippen molar-refractivity contribution in [2.45, 2.75) is 31.3 Å². The van der Waals surface area contributed by atoms with Gasteiger partial charge in [-0.1, -0.05) is 24.6 Å². The number of hydrogen-bond acceptors (Lipinski definition) is 6. The summed E-state index contributed by atoms with van der Waals surface area (Å²) >= 11 is 0. The van der Waals surface area contributed by atoms with Crippen LogP contribution in [0.1, 0.15) is 41.6 Å². The standard InChI is InChI=1S/C23H24N2O5/c26-19(16-8-9-20-21(12-16)30-15-29-20)13-23(28)17-6-2-3-7-18(17)25(22(23)27)14-24-10-4-1-5-11-24/h2-3,6-9,12,28H,1,4-5,10-11,13-15H2. The quantitative estimate of drug-likeness (QED) is 0.767. The van der Waals surface area contributed by atoms with Gasteiger partial charge < -0.3 is 14.6 Å². The maximum absolute atomic E-state index is 13.4. The highest BCUT2D eigenvalue weighted by molar-refractivity contribution is 6.10. The third kappa shape index (κ3) is 3.14. The highest BCUT2D eigenvalue weighted by Crippen LogP contribution is 2.43. The third-order valence-electron chi connectivity index (χ3n) is 6.14. The number of fused-ring (bicyclic) bond motifs is 2. The molecule has 0 saturated carbocycles. The van der Waals surface area contributed by atoms with Crippen LogP contribution in [0.15, 0.2) is 42.5 Å². The molecule has 1 fully saturated rings. The molecule has 7 nitrogen and oxygen atoms in total. The van der Waals surface area contributed by atoms with Crippen molar-refractivity contribution < 1.29 is 24.2 Å². The molecule has 2 aromatic rings. The van der Waals surface area contributed by atoms with E-state index in [2.05, 4.69) is 4.90 Å². The van der Waals surface area contributed by atoms with Gasteiger partial charge in [-0.15, -0.1) is 0 Å². The fourth-order valence-corrected chi connectivity index (χ4v) is 4.52. The monoisotopic (exact) mass is 408 g/mol. The molecule has 1 atom stereocenters. The van der Waals surface area contributed by atoms with Gasteiger partial charge in [-0.25, -0.2) is 0 Å². The van der Waals surface area contributed by atoms with Gasteiger partial charge in [0.15, 0.2) is 22.9 Å². The second kappa shape index (κ2) is 7.41. The first-order valence-electron chi connectivity index (χ1n) is 10.4. The smallest absolute Gasteiger partial charge is 0.265 e. The van der Waals surface area contributed by atoms with E-state index < -0.39 is 11.5 Å². The number of piperidine rings is 1. The number of carbonyl (C=O) groups is 2. The normalized spacial score (nSPS) is 23.0. The number of amides is 1. The van der Waals surface area contributed by atoms with E-state index in [1.54, 1.807) is 35.2 Å². The lowest BCUT2D eigenvalue weighted by Crippen LogP contribution is -2.47. The van der Waals surface area contributed by atoms with Crippen LogP contribution in [0.4, 0.5) is 5.69 Å². The average molecular weight is 408 g/mol. The highest BCUT2D eigenvalue weighted by atomic mass is 16.7. The molecule has 0 aromatic heterocycles. The molecular formula is C23H24N2O5. The van der Waals surface area contributed by atoms with Gasteiger partial charge in [0.1, 0.15) is 0 Å². The summed E-state index contributed by atoms with van der Waals surface area (Å²) in [5, 5.41) is 11.5. The van der Waals surface area contributed by atoms with E-state index >= 15 is 0 Å². The molecule has 0 bridgehead atoms. The number of Topliss-reactive ketones (excluding diaryl/α,β-unsaturated/α-hetero) is 1. The van der Waals surface area contributed by atoms with Gasteiger partial charge >= 0.3 is 0 Å². The van der Waals surface area contributed by atoms with Crippen LogP contribution in [0.25, 0.3) is 0 Å². The lowest BCUT2D eigenvalue weighted by atomic mass is 9.88. The third-order valence-corrected chi connectivity index (χ3v) is 6.14. The Labute approximate surface area is 174 Å². The predicted octanol–water partition coefficient (Wildman–Crippen LogP) is 2.67. The molecular weight excluding hydrogens is 384 g/mol. The lowest BCUT2D eigenvalue weighted by molar-refractivity contribution is -0.136. The summed E-state index contributed by atoms with van der Waals surface area (Å²) in [5.74, 6) is 0.320. The Balaban J connectivity index is 1.42. The maximum atomic E-state index is 13.4. The number of anilines is 1. The summed E-state index contributed by atoms with van der Waals surface area (Å²) < 4.78 is 10.6. The van der Waals surface area contributed by atoms with E-state index in [-0.39, 0.29) is 19.0 Å². The highest BCUT2D eigenvalue weighted by Gasteiger charge is 2.51. The molecule has 7 heteroatoms. The number of carbonyl (C=O) groups excluding carboxylic acids is 2. The maximum Gasteiger partial charge on any atom is 0.265 e. The number of ether oxygens (including phenoxy) is 2. The number of nitrogens with zero attached hydrogens (tertiary/aromatic N) is 2. The molecule has 5 rings (SSSR count). The molecule has 1 unspecified atom stereocenters. The summed E-state index contributed by atoms with van der Waals surface area (Å²) in [6.45, 7) is 2.41. The van der Waals surface area contributed by atoms with Crippen LogP contribution in [0.5, 0.6) is 11.5 Å². The van der Waals surface area contributed by atoms with Crippen LogP contribution in [0.3, 0.4) is 0 Å². The Morgan fingerprint density at radius 3 is 2.63 bits per heavy atom. The van der Waals surface area contributed by atoms with E-state index in [1.807, 2.05) is 12.1 Å². The van der Waals surface area contributed by atoms with Gasteiger partial charge in [-0.3, -0.25) is 19.4 Å². The number of ketones is 1. The van der Waals surface area contributed by atoms with Crippen molar-refractivity contribution >= 4 is 17.4 Å². The van der Waals surface area contributed by atoms with Crippen LogP contribution in [-0.4, -0.2) is 48.2 Å². The molecule has 30 heavy (non-hydrogen) atoms. The van der Waals surface area contributed by atoms with Gasteiger partial charge in [-0.05, 0) is 50.2 Å². The molecule has 0 spiro atoms. The Kier molecular flexibility index (Phi) is 4.72. The number of hydrogen-bond donors (Lipinski definition) is 1. The Morgan fingerprint density at radius 1 is 1.03 bits per heavy atom. The predicted molar refractivity (Wildman–Crippen MR) is 110 cm³/mol. The molecule has 3 heterocycles. The van der Waals surface area contributed by atoms with Crippen molar-refractivity contribution in [3.63, 3.8) is 0 Å². The fraction of sp³-hybridized carbons (Fsp3) is 0.391. The van der Waals surface area contributed by atoms with Crippen molar-refractivity contribution in [3.8, 4) is 11.5 Å². The SMILES string of the molecule is O=C(CC1(O)C(=O)N(CN2CCCCC2)c2ccccc21)c1ccc2c(c1)OCO2. The van der Waals surface area contributed by atoms with E-state index in [1.165, 1.54) is 6.42 Å². The molecule has 3 aliphatic heterocycles. The van der Waals surface area contributed by atoms with Crippen molar-refractivity contribution in [1.82, 2.24) is 4.90 Å². The summed E-state index contributed by atoms with van der Waals surface area (Å²) in [7, 11) is 0. The zero-order valence-corrected chi connectivity index (χ0v) is 16.7. The van der Waals surface area contributed by atoms with E-state index in [0.29, 0.717) is 35.0 Å². The van der Waals surface area contributed by atoms with Crippen LogP contribution in [0.2, 0.25) is 0 Å². The van der Waals surface area contributed by atoms with Crippen LogP contribution < -0.4 is 14.4 Å². The topological polar surface area (TPSA) is 79.3 Å². The fourth-order valence-electron chi connectivity index (χ4n) is 4.52.